The number of aromatic nitrogens is 2. The van der Waals surface area contributed by atoms with Crippen molar-refractivity contribution in [1.29, 1.82) is 0 Å². The number of phenols is 1. The number of rotatable bonds is 8. The van der Waals surface area contributed by atoms with E-state index < -0.39 is 0 Å². The van der Waals surface area contributed by atoms with Gasteiger partial charge in [-0.1, -0.05) is 66.7 Å². The maximum atomic E-state index is 11.1. The van der Waals surface area contributed by atoms with Crippen LogP contribution in [0.25, 0.3) is 21.8 Å². The number of nitrogens with one attached hydrogen (secondary N) is 2. The van der Waals surface area contributed by atoms with Gasteiger partial charge in [0.05, 0.1) is 23.5 Å². The van der Waals surface area contributed by atoms with Crippen molar-refractivity contribution >= 4 is 45.9 Å². The summed E-state index contributed by atoms with van der Waals surface area (Å²) in [6.07, 6.45) is 3.88. The molecule has 0 saturated heterocycles. The second-order valence-corrected chi connectivity index (χ2v) is 9.30. The van der Waals surface area contributed by atoms with Crippen LogP contribution >= 0.6 is 0 Å². The van der Waals surface area contributed by atoms with Gasteiger partial charge >= 0.3 is 0 Å². The van der Waals surface area contributed by atoms with E-state index in [0.29, 0.717) is 29.2 Å². The number of hydrazone groups is 2. The van der Waals surface area contributed by atoms with Gasteiger partial charge in [-0.15, -0.1) is 0 Å². The van der Waals surface area contributed by atoms with E-state index >= 15 is 0 Å². The lowest BCUT2D eigenvalue weighted by Gasteiger charge is -2.09. The lowest BCUT2D eigenvalue weighted by atomic mass is 9.99. The van der Waals surface area contributed by atoms with Crippen molar-refractivity contribution in [3.63, 3.8) is 0 Å². The van der Waals surface area contributed by atoms with Gasteiger partial charge in [0, 0.05) is 21.9 Å². The van der Waals surface area contributed by atoms with Crippen molar-refractivity contribution in [3.05, 3.63) is 138 Å². The van der Waals surface area contributed by atoms with Crippen LogP contribution in [-0.4, -0.2) is 27.5 Å². The highest BCUT2D eigenvalue weighted by molar-refractivity contribution is 5.93. The van der Waals surface area contributed by atoms with Crippen LogP contribution < -0.4 is 10.9 Å². The Bertz CT molecular complexity index is 1740. The molecule has 40 heavy (non-hydrogen) atoms. The third-order valence-electron chi connectivity index (χ3n) is 6.44. The first-order valence-electron chi connectivity index (χ1n) is 12.9. The molecule has 0 fully saturated rings. The standard InChI is InChI=1S/C33H26N6O/c40-33-27(21-34-38-31-16-14-25-10-4-6-12-29(25)36-31)19-24(18-23-8-2-1-3-9-23)20-28(33)22-35-39-32-17-15-26-11-5-7-13-30(26)37-32/h1-17,19-22,40H,18H2,(H,36,38)(H,37,39). The first-order valence-corrected chi connectivity index (χ1v) is 12.9. The van der Waals surface area contributed by atoms with Crippen molar-refractivity contribution in [1.82, 2.24) is 9.97 Å². The van der Waals surface area contributed by atoms with Crippen LogP contribution in [-0.2, 0) is 6.42 Å². The third kappa shape index (κ3) is 5.79. The molecule has 0 saturated carbocycles. The zero-order valence-electron chi connectivity index (χ0n) is 21.6. The minimum absolute atomic E-state index is 0.0749. The molecule has 0 radical (unpaired) electrons. The van der Waals surface area contributed by atoms with Crippen LogP contribution in [0.1, 0.15) is 22.3 Å². The number of hydrogen-bond acceptors (Lipinski definition) is 7. The maximum Gasteiger partial charge on any atom is 0.146 e. The Labute approximate surface area is 231 Å². The lowest BCUT2D eigenvalue weighted by Crippen LogP contribution is -1.99. The second kappa shape index (κ2) is 11.4. The molecule has 0 atom stereocenters. The summed E-state index contributed by atoms with van der Waals surface area (Å²) in [4.78, 5) is 9.17. The summed E-state index contributed by atoms with van der Waals surface area (Å²) >= 11 is 0. The summed E-state index contributed by atoms with van der Waals surface area (Å²) in [5, 5.41) is 21.9. The van der Waals surface area contributed by atoms with Gasteiger partial charge in [-0.3, -0.25) is 10.9 Å². The largest absolute Gasteiger partial charge is 0.507 e. The summed E-state index contributed by atoms with van der Waals surface area (Å²) in [5.41, 5.74) is 11.0. The molecule has 0 aliphatic heterocycles. The molecule has 7 nitrogen and oxygen atoms in total. The molecule has 3 N–H and O–H groups in total. The minimum Gasteiger partial charge on any atom is -0.507 e. The molecule has 0 aliphatic carbocycles. The average molecular weight is 523 g/mol. The van der Waals surface area contributed by atoms with Crippen molar-refractivity contribution < 1.29 is 5.11 Å². The number of fused-ring (bicyclic) bond motifs is 2. The van der Waals surface area contributed by atoms with Gasteiger partial charge in [0.2, 0.25) is 0 Å². The molecule has 2 aromatic heterocycles. The first kappa shape index (κ1) is 24.8. The van der Waals surface area contributed by atoms with Gasteiger partial charge in [0.15, 0.2) is 0 Å². The minimum atomic E-state index is 0.0749. The Balaban J connectivity index is 1.26. The zero-order valence-corrected chi connectivity index (χ0v) is 21.6. The molecular weight excluding hydrogens is 496 g/mol. The number of anilines is 2. The van der Waals surface area contributed by atoms with Crippen LogP contribution in [0, 0.1) is 0 Å². The van der Waals surface area contributed by atoms with E-state index in [2.05, 4.69) is 43.2 Å². The number of phenolic OH excluding ortho intramolecular Hbond substituents is 1. The molecule has 2 heterocycles. The Kier molecular flexibility index (Phi) is 7.09. The van der Waals surface area contributed by atoms with E-state index in [1.165, 1.54) is 0 Å². The number of nitrogens with zero attached hydrogens (tertiary/aromatic N) is 4. The smallest absolute Gasteiger partial charge is 0.146 e. The monoisotopic (exact) mass is 522 g/mol. The van der Waals surface area contributed by atoms with Crippen molar-refractivity contribution in [2.45, 2.75) is 6.42 Å². The Morgan fingerprint density at radius 1 is 0.575 bits per heavy atom. The lowest BCUT2D eigenvalue weighted by molar-refractivity contribution is 0.473. The van der Waals surface area contributed by atoms with Gasteiger partial charge in [0.1, 0.15) is 17.4 Å². The predicted molar refractivity (Wildman–Crippen MR) is 163 cm³/mol. The first-order chi connectivity index (χ1) is 19.7. The van der Waals surface area contributed by atoms with E-state index in [0.717, 1.165) is 32.9 Å². The van der Waals surface area contributed by atoms with E-state index in [9.17, 15) is 5.11 Å². The summed E-state index contributed by atoms with van der Waals surface area (Å²) in [6, 6.07) is 37.6. The van der Waals surface area contributed by atoms with Gasteiger partial charge in [-0.05, 0) is 66.1 Å². The fraction of sp³-hybridized carbons (Fsp3) is 0.0303. The SMILES string of the molecule is Oc1c(C=NNc2ccc3ccccc3n2)cc(Cc2ccccc2)cc1C=NNc1ccc2ccccc2n1. The Hall–Kier alpha value is -5.56. The highest BCUT2D eigenvalue weighted by atomic mass is 16.3. The van der Waals surface area contributed by atoms with Gasteiger partial charge in [-0.2, -0.15) is 10.2 Å². The highest BCUT2D eigenvalue weighted by Gasteiger charge is 2.09. The molecule has 7 heteroatoms. The molecule has 6 rings (SSSR count). The quantitative estimate of drug-likeness (QED) is 0.148. The number of pyridine rings is 2. The van der Waals surface area contributed by atoms with Crippen LogP contribution in [0.4, 0.5) is 11.6 Å². The zero-order chi connectivity index (χ0) is 27.1. The Morgan fingerprint density at radius 3 is 1.62 bits per heavy atom. The molecule has 0 aliphatic rings. The van der Waals surface area contributed by atoms with Crippen molar-refractivity contribution in [2.24, 2.45) is 10.2 Å². The summed E-state index contributed by atoms with van der Waals surface area (Å²) < 4.78 is 0. The fourth-order valence-electron chi connectivity index (χ4n) is 4.47. The van der Waals surface area contributed by atoms with Crippen LogP contribution in [0.3, 0.4) is 0 Å². The average Bonchev–Trinajstić information content (AvgIpc) is 2.99. The van der Waals surface area contributed by atoms with Gasteiger partial charge < -0.3 is 5.11 Å². The van der Waals surface area contributed by atoms with E-state index in [-0.39, 0.29) is 5.75 Å². The van der Waals surface area contributed by atoms with Crippen molar-refractivity contribution in [3.8, 4) is 5.75 Å². The fourth-order valence-corrected chi connectivity index (χ4v) is 4.47. The van der Waals surface area contributed by atoms with E-state index in [4.69, 9.17) is 0 Å². The molecule has 194 valence electrons. The van der Waals surface area contributed by atoms with Crippen LogP contribution in [0.2, 0.25) is 0 Å². The number of benzene rings is 4. The molecule has 6 aromatic rings. The summed E-state index contributed by atoms with van der Waals surface area (Å²) in [5.74, 6) is 1.30. The van der Waals surface area contributed by atoms with Crippen LogP contribution in [0.5, 0.6) is 5.75 Å². The third-order valence-corrected chi connectivity index (χ3v) is 6.44. The number of aromatic hydroxyl groups is 1. The van der Waals surface area contributed by atoms with E-state index in [1.807, 2.05) is 103 Å². The van der Waals surface area contributed by atoms with E-state index in [1.54, 1.807) is 12.4 Å². The van der Waals surface area contributed by atoms with Crippen LogP contribution in [0.15, 0.2) is 125 Å². The second-order valence-electron chi connectivity index (χ2n) is 9.30. The van der Waals surface area contributed by atoms with Gasteiger partial charge in [0.25, 0.3) is 0 Å². The normalized spacial score (nSPS) is 11.5. The molecule has 0 amide bonds. The Morgan fingerprint density at radius 2 is 1.07 bits per heavy atom. The number of para-hydroxylation sites is 2. The molecule has 0 spiro atoms. The molecular formula is C33H26N6O. The summed E-state index contributed by atoms with van der Waals surface area (Å²) in [6.45, 7) is 0. The maximum absolute atomic E-state index is 11.1. The predicted octanol–water partition coefficient (Wildman–Crippen LogP) is 6.97. The topological polar surface area (TPSA) is 94.8 Å². The number of hydrogen-bond donors (Lipinski definition) is 3. The molecule has 0 unspecified atom stereocenters. The van der Waals surface area contributed by atoms with Gasteiger partial charge in [-0.25, -0.2) is 9.97 Å². The molecule has 0 bridgehead atoms. The highest BCUT2D eigenvalue weighted by Crippen LogP contribution is 2.24. The molecule has 4 aromatic carbocycles. The summed E-state index contributed by atoms with van der Waals surface area (Å²) in [7, 11) is 0. The van der Waals surface area contributed by atoms with Crippen molar-refractivity contribution in [2.75, 3.05) is 10.9 Å².